The highest BCUT2D eigenvalue weighted by atomic mass is 35.5. The van der Waals surface area contributed by atoms with Crippen LogP contribution in [0.5, 0.6) is 5.75 Å². The van der Waals surface area contributed by atoms with Crippen molar-refractivity contribution in [3.8, 4) is 5.75 Å². The van der Waals surface area contributed by atoms with Crippen molar-refractivity contribution in [1.29, 1.82) is 0 Å². The van der Waals surface area contributed by atoms with Gasteiger partial charge >= 0.3 is 0 Å². The summed E-state index contributed by atoms with van der Waals surface area (Å²) >= 11 is 0. The van der Waals surface area contributed by atoms with Gasteiger partial charge in [-0.3, -0.25) is 10.1 Å². The molecule has 0 radical (unpaired) electrons. The largest absolute Gasteiger partial charge is 0.491 e. The third-order valence-corrected chi connectivity index (χ3v) is 3.08. The highest BCUT2D eigenvalue weighted by Crippen LogP contribution is 2.26. The highest BCUT2D eigenvalue weighted by Gasteiger charge is 2.42. The molecule has 2 N–H and O–H groups in total. The average Bonchev–Trinajstić information content (AvgIpc) is 2.80. The topological polar surface area (TPSA) is 59.6 Å². The van der Waals surface area contributed by atoms with Gasteiger partial charge in [0.05, 0.1) is 19.2 Å². The van der Waals surface area contributed by atoms with Crippen LogP contribution < -0.4 is 15.4 Å². The van der Waals surface area contributed by atoms with Gasteiger partial charge in [-0.15, -0.1) is 12.4 Å². The van der Waals surface area contributed by atoms with Crippen LogP contribution in [0.4, 0.5) is 14.5 Å². The lowest BCUT2D eigenvalue weighted by Gasteiger charge is -2.12. The average molecular weight is 337 g/mol. The Morgan fingerprint density at radius 3 is 2.86 bits per heavy atom. The maximum absolute atomic E-state index is 13.1. The predicted molar refractivity (Wildman–Crippen MR) is 81.0 cm³/mol. The molecule has 124 valence electrons. The van der Waals surface area contributed by atoms with Crippen LogP contribution >= 0.6 is 12.4 Å². The predicted octanol–water partition coefficient (Wildman–Crippen LogP) is 2.07. The van der Waals surface area contributed by atoms with E-state index in [2.05, 4.69) is 10.6 Å². The Morgan fingerprint density at radius 2 is 2.23 bits per heavy atom. The number of methoxy groups -OCH3 is 1. The second-order valence-electron chi connectivity index (χ2n) is 4.85. The SMILES string of the molecule is COCCOc1cccc(NC(=O)C2CC(F)(F)CN2)c1.Cl. The van der Waals surface area contributed by atoms with Crippen molar-refractivity contribution in [3.05, 3.63) is 24.3 Å². The molecule has 1 atom stereocenters. The van der Waals surface area contributed by atoms with Crippen molar-refractivity contribution in [2.75, 3.05) is 32.2 Å². The first-order valence-electron chi connectivity index (χ1n) is 6.64. The molecule has 1 heterocycles. The Balaban J connectivity index is 0.00000242. The van der Waals surface area contributed by atoms with E-state index >= 15 is 0 Å². The summed E-state index contributed by atoms with van der Waals surface area (Å²) in [6.45, 7) is 0.382. The van der Waals surface area contributed by atoms with Crippen LogP contribution in [0.3, 0.4) is 0 Å². The number of nitrogens with one attached hydrogen (secondary N) is 2. The molecular weight excluding hydrogens is 318 g/mol. The van der Waals surface area contributed by atoms with Crippen LogP contribution in [-0.2, 0) is 9.53 Å². The summed E-state index contributed by atoms with van der Waals surface area (Å²) in [5.41, 5.74) is 0.506. The second-order valence-corrected chi connectivity index (χ2v) is 4.85. The molecule has 1 unspecified atom stereocenters. The summed E-state index contributed by atoms with van der Waals surface area (Å²) in [6, 6.07) is 5.90. The minimum atomic E-state index is -2.83. The number of ether oxygens (including phenoxy) is 2. The number of carbonyl (C=O) groups is 1. The van der Waals surface area contributed by atoms with E-state index in [9.17, 15) is 13.6 Å². The highest BCUT2D eigenvalue weighted by molar-refractivity contribution is 5.95. The quantitative estimate of drug-likeness (QED) is 0.781. The van der Waals surface area contributed by atoms with Gasteiger partial charge in [0, 0.05) is 25.3 Å². The Kier molecular flexibility index (Phi) is 6.99. The van der Waals surface area contributed by atoms with Crippen molar-refractivity contribution >= 4 is 24.0 Å². The summed E-state index contributed by atoms with van der Waals surface area (Å²) in [5.74, 6) is -2.72. The zero-order chi connectivity index (χ0) is 15.3. The van der Waals surface area contributed by atoms with Crippen LogP contribution in [0, 0.1) is 0 Å². The summed E-state index contributed by atoms with van der Waals surface area (Å²) in [6.07, 6.45) is -0.483. The smallest absolute Gasteiger partial charge is 0.262 e. The number of hydrogen-bond donors (Lipinski definition) is 2. The lowest BCUT2D eigenvalue weighted by atomic mass is 10.2. The monoisotopic (exact) mass is 336 g/mol. The molecule has 1 aromatic rings. The van der Waals surface area contributed by atoms with Gasteiger partial charge in [-0.25, -0.2) is 8.78 Å². The van der Waals surface area contributed by atoms with E-state index in [-0.39, 0.29) is 12.4 Å². The van der Waals surface area contributed by atoms with Crippen LogP contribution in [0.15, 0.2) is 24.3 Å². The molecule has 8 heteroatoms. The number of alkyl halides is 2. The molecule has 0 aromatic heterocycles. The molecule has 2 rings (SSSR count). The maximum atomic E-state index is 13.1. The fourth-order valence-corrected chi connectivity index (χ4v) is 2.04. The Hall–Kier alpha value is -1.44. The molecule has 22 heavy (non-hydrogen) atoms. The minimum absolute atomic E-state index is 0. The molecule has 1 aliphatic heterocycles. The third kappa shape index (κ3) is 5.40. The third-order valence-electron chi connectivity index (χ3n) is 3.08. The molecule has 1 aromatic carbocycles. The lowest BCUT2D eigenvalue weighted by Crippen LogP contribution is -2.35. The van der Waals surface area contributed by atoms with Crippen molar-refractivity contribution in [2.45, 2.75) is 18.4 Å². The normalized spacial score (nSPS) is 19.3. The van der Waals surface area contributed by atoms with Crippen molar-refractivity contribution in [2.24, 2.45) is 0 Å². The molecular formula is C14H19ClF2N2O3. The lowest BCUT2D eigenvalue weighted by molar-refractivity contribution is -0.118. The van der Waals surface area contributed by atoms with Crippen molar-refractivity contribution in [1.82, 2.24) is 5.32 Å². The molecule has 0 saturated carbocycles. The number of halogens is 3. The summed E-state index contributed by atoms with van der Waals surface area (Å²) in [7, 11) is 1.57. The van der Waals surface area contributed by atoms with Gasteiger partial charge in [0.15, 0.2) is 0 Å². The number of carbonyl (C=O) groups excluding carboxylic acids is 1. The molecule has 0 bridgehead atoms. The van der Waals surface area contributed by atoms with E-state index in [4.69, 9.17) is 9.47 Å². The van der Waals surface area contributed by atoms with E-state index in [0.29, 0.717) is 24.7 Å². The number of hydrogen-bond acceptors (Lipinski definition) is 4. The van der Waals surface area contributed by atoms with Gasteiger partial charge in [0.1, 0.15) is 12.4 Å². The molecule has 1 aliphatic rings. The fraction of sp³-hybridized carbons (Fsp3) is 0.500. The molecule has 5 nitrogen and oxygen atoms in total. The summed E-state index contributed by atoms with van der Waals surface area (Å²) in [5, 5.41) is 5.12. The van der Waals surface area contributed by atoms with Gasteiger partial charge in [-0.05, 0) is 12.1 Å². The number of anilines is 1. The van der Waals surface area contributed by atoms with Gasteiger partial charge < -0.3 is 14.8 Å². The molecule has 1 fully saturated rings. The van der Waals surface area contributed by atoms with Crippen molar-refractivity contribution in [3.63, 3.8) is 0 Å². The molecule has 1 saturated heterocycles. The van der Waals surface area contributed by atoms with E-state index < -0.39 is 30.8 Å². The first-order chi connectivity index (χ1) is 10.00. The van der Waals surface area contributed by atoms with Gasteiger partial charge in [0.25, 0.3) is 5.92 Å². The number of amides is 1. The van der Waals surface area contributed by atoms with Crippen molar-refractivity contribution < 1.29 is 23.0 Å². The Morgan fingerprint density at radius 1 is 1.45 bits per heavy atom. The van der Waals surface area contributed by atoms with E-state index in [1.165, 1.54) is 0 Å². The summed E-state index contributed by atoms with van der Waals surface area (Å²) in [4.78, 5) is 11.9. The van der Waals surface area contributed by atoms with Crippen LogP contribution in [0.2, 0.25) is 0 Å². The molecule has 0 spiro atoms. The van der Waals surface area contributed by atoms with E-state index in [1.807, 2.05) is 0 Å². The van der Waals surface area contributed by atoms with E-state index in [1.54, 1.807) is 31.4 Å². The Labute approximate surface area is 133 Å². The zero-order valence-corrected chi connectivity index (χ0v) is 12.9. The molecule has 0 aliphatic carbocycles. The fourth-order valence-electron chi connectivity index (χ4n) is 2.04. The minimum Gasteiger partial charge on any atom is -0.491 e. The number of rotatable bonds is 6. The van der Waals surface area contributed by atoms with Crippen LogP contribution in [-0.4, -0.2) is 44.7 Å². The first-order valence-corrected chi connectivity index (χ1v) is 6.64. The first kappa shape index (κ1) is 18.6. The van der Waals surface area contributed by atoms with E-state index in [0.717, 1.165) is 0 Å². The molecule has 1 amide bonds. The zero-order valence-electron chi connectivity index (χ0n) is 12.1. The van der Waals surface area contributed by atoms with Gasteiger partial charge in [-0.1, -0.05) is 6.07 Å². The second kappa shape index (κ2) is 8.26. The van der Waals surface area contributed by atoms with Crippen LogP contribution in [0.1, 0.15) is 6.42 Å². The number of benzene rings is 1. The van der Waals surface area contributed by atoms with Gasteiger partial charge in [0.2, 0.25) is 5.91 Å². The standard InChI is InChI=1S/C14H18F2N2O3.ClH/c1-20-5-6-21-11-4-2-3-10(7-11)18-13(19)12-8-14(15,16)9-17-12;/h2-4,7,12,17H,5-6,8-9H2,1H3,(H,18,19);1H. The summed E-state index contributed by atoms with van der Waals surface area (Å²) < 4.78 is 36.4. The maximum Gasteiger partial charge on any atom is 0.262 e. The van der Waals surface area contributed by atoms with Crippen LogP contribution in [0.25, 0.3) is 0 Å². The Bertz CT molecular complexity index is 503. The van der Waals surface area contributed by atoms with Gasteiger partial charge in [-0.2, -0.15) is 0 Å².